The van der Waals surface area contributed by atoms with Gasteiger partial charge in [0.2, 0.25) is 5.90 Å². The van der Waals surface area contributed by atoms with Crippen LogP contribution in [-0.2, 0) is 4.74 Å². The summed E-state index contributed by atoms with van der Waals surface area (Å²) in [6, 6.07) is 6.05. The van der Waals surface area contributed by atoms with E-state index in [0.717, 1.165) is 22.5 Å². The molecule has 0 aliphatic carbocycles. The molecule has 0 saturated carbocycles. The SMILES string of the molecule is Cc1c(Br)cccc1C1=NCCO1. The molecule has 2 nitrogen and oxygen atoms in total. The van der Waals surface area contributed by atoms with E-state index >= 15 is 0 Å². The van der Waals surface area contributed by atoms with Crippen molar-refractivity contribution < 1.29 is 4.74 Å². The molecular weight excluding hydrogens is 230 g/mol. The molecule has 3 heteroatoms. The summed E-state index contributed by atoms with van der Waals surface area (Å²) in [5.41, 5.74) is 2.27. The van der Waals surface area contributed by atoms with Crippen LogP contribution in [0, 0.1) is 6.92 Å². The summed E-state index contributed by atoms with van der Waals surface area (Å²) in [6.45, 7) is 3.55. The lowest BCUT2D eigenvalue weighted by atomic mass is 10.1. The first-order valence-corrected chi connectivity index (χ1v) is 5.01. The third-order valence-electron chi connectivity index (χ3n) is 2.08. The lowest BCUT2D eigenvalue weighted by Crippen LogP contribution is -2.03. The van der Waals surface area contributed by atoms with Gasteiger partial charge in [0.1, 0.15) is 6.61 Å². The fourth-order valence-corrected chi connectivity index (χ4v) is 1.70. The fourth-order valence-electron chi connectivity index (χ4n) is 1.34. The number of aliphatic imine (C=N–C) groups is 1. The lowest BCUT2D eigenvalue weighted by molar-refractivity contribution is 0.348. The molecule has 2 rings (SSSR count). The molecule has 0 amide bonds. The highest BCUT2D eigenvalue weighted by Gasteiger charge is 2.13. The molecule has 1 aromatic carbocycles. The predicted molar refractivity (Wildman–Crippen MR) is 56.2 cm³/mol. The number of rotatable bonds is 1. The normalized spacial score (nSPS) is 15.4. The average Bonchev–Trinajstić information content (AvgIpc) is 2.62. The zero-order chi connectivity index (χ0) is 9.26. The summed E-state index contributed by atoms with van der Waals surface area (Å²) in [4.78, 5) is 4.28. The highest BCUT2D eigenvalue weighted by Crippen LogP contribution is 2.21. The van der Waals surface area contributed by atoms with E-state index in [1.807, 2.05) is 18.2 Å². The summed E-state index contributed by atoms with van der Waals surface area (Å²) in [7, 11) is 0. The first-order chi connectivity index (χ1) is 6.29. The molecule has 1 heterocycles. The van der Waals surface area contributed by atoms with Crippen LogP contribution in [0.5, 0.6) is 0 Å². The van der Waals surface area contributed by atoms with Crippen LogP contribution < -0.4 is 0 Å². The van der Waals surface area contributed by atoms with Crippen molar-refractivity contribution in [3.05, 3.63) is 33.8 Å². The second-order valence-electron chi connectivity index (χ2n) is 2.95. The Morgan fingerprint density at radius 1 is 1.46 bits per heavy atom. The van der Waals surface area contributed by atoms with Crippen molar-refractivity contribution in [1.82, 2.24) is 0 Å². The molecular formula is C10H10BrNO. The van der Waals surface area contributed by atoms with Crippen LogP contribution in [0.1, 0.15) is 11.1 Å². The Kier molecular flexibility index (Phi) is 2.36. The minimum Gasteiger partial charge on any atom is -0.476 e. The van der Waals surface area contributed by atoms with Crippen LogP contribution in [0.3, 0.4) is 0 Å². The van der Waals surface area contributed by atoms with Crippen molar-refractivity contribution in [2.75, 3.05) is 13.2 Å². The Labute approximate surface area is 85.8 Å². The summed E-state index contributed by atoms with van der Waals surface area (Å²) < 4.78 is 6.50. The van der Waals surface area contributed by atoms with Gasteiger partial charge in [-0.05, 0) is 24.6 Å². The second kappa shape index (κ2) is 3.50. The van der Waals surface area contributed by atoms with Gasteiger partial charge >= 0.3 is 0 Å². The molecule has 0 bridgehead atoms. The number of hydrogen-bond acceptors (Lipinski definition) is 2. The molecule has 0 aromatic heterocycles. The quantitative estimate of drug-likeness (QED) is 0.739. The Morgan fingerprint density at radius 3 is 3.00 bits per heavy atom. The molecule has 0 fully saturated rings. The molecule has 1 aliphatic heterocycles. The fraction of sp³-hybridized carbons (Fsp3) is 0.300. The first kappa shape index (κ1) is 8.75. The van der Waals surface area contributed by atoms with Crippen LogP contribution in [0.2, 0.25) is 0 Å². The standard InChI is InChI=1S/C10H10BrNO/c1-7-8(3-2-4-9(7)11)10-12-5-6-13-10/h2-4H,5-6H2,1H3. The minimum atomic E-state index is 0.710. The molecule has 0 N–H and O–H groups in total. The van der Waals surface area contributed by atoms with Crippen LogP contribution in [-0.4, -0.2) is 19.0 Å². The van der Waals surface area contributed by atoms with E-state index in [1.165, 1.54) is 5.56 Å². The molecule has 13 heavy (non-hydrogen) atoms. The number of benzene rings is 1. The van der Waals surface area contributed by atoms with Crippen molar-refractivity contribution in [2.45, 2.75) is 6.92 Å². The van der Waals surface area contributed by atoms with Gasteiger partial charge in [-0.25, -0.2) is 4.99 Å². The summed E-state index contributed by atoms with van der Waals surface area (Å²) in [5.74, 6) is 0.777. The van der Waals surface area contributed by atoms with E-state index in [9.17, 15) is 0 Å². The average molecular weight is 240 g/mol. The Morgan fingerprint density at radius 2 is 2.31 bits per heavy atom. The highest BCUT2D eigenvalue weighted by atomic mass is 79.9. The van der Waals surface area contributed by atoms with Gasteiger partial charge in [0.05, 0.1) is 6.54 Å². The number of nitrogens with zero attached hydrogens (tertiary/aromatic N) is 1. The molecule has 1 aromatic rings. The van der Waals surface area contributed by atoms with E-state index < -0.39 is 0 Å². The third kappa shape index (κ3) is 1.61. The van der Waals surface area contributed by atoms with E-state index in [2.05, 4.69) is 27.8 Å². The maximum atomic E-state index is 5.40. The Hall–Kier alpha value is -0.830. The molecule has 0 saturated heterocycles. The van der Waals surface area contributed by atoms with Gasteiger partial charge in [-0.1, -0.05) is 22.0 Å². The van der Waals surface area contributed by atoms with Gasteiger partial charge < -0.3 is 4.74 Å². The summed E-state index contributed by atoms with van der Waals surface area (Å²) >= 11 is 3.48. The van der Waals surface area contributed by atoms with Gasteiger partial charge in [-0.15, -0.1) is 0 Å². The van der Waals surface area contributed by atoms with Gasteiger partial charge in [-0.3, -0.25) is 0 Å². The van der Waals surface area contributed by atoms with Crippen LogP contribution in [0.4, 0.5) is 0 Å². The number of halogens is 1. The van der Waals surface area contributed by atoms with Gasteiger partial charge in [0, 0.05) is 10.0 Å². The van der Waals surface area contributed by atoms with Crippen molar-refractivity contribution in [1.29, 1.82) is 0 Å². The molecule has 0 spiro atoms. The predicted octanol–water partition coefficient (Wildman–Crippen LogP) is 2.53. The monoisotopic (exact) mass is 239 g/mol. The highest BCUT2D eigenvalue weighted by molar-refractivity contribution is 9.10. The van der Waals surface area contributed by atoms with Gasteiger partial charge in [-0.2, -0.15) is 0 Å². The first-order valence-electron chi connectivity index (χ1n) is 4.22. The summed E-state index contributed by atoms with van der Waals surface area (Å²) in [6.07, 6.45) is 0. The molecule has 1 aliphatic rings. The maximum absolute atomic E-state index is 5.40. The number of ether oxygens (including phenoxy) is 1. The van der Waals surface area contributed by atoms with Crippen molar-refractivity contribution >= 4 is 21.8 Å². The molecule has 0 radical (unpaired) electrons. The number of hydrogen-bond donors (Lipinski definition) is 0. The Bertz CT molecular complexity index is 360. The van der Waals surface area contributed by atoms with E-state index in [4.69, 9.17) is 4.74 Å². The van der Waals surface area contributed by atoms with Crippen LogP contribution in [0.25, 0.3) is 0 Å². The minimum absolute atomic E-state index is 0.710. The zero-order valence-electron chi connectivity index (χ0n) is 7.38. The topological polar surface area (TPSA) is 21.6 Å². The van der Waals surface area contributed by atoms with Crippen molar-refractivity contribution in [2.24, 2.45) is 4.99 Å². The molecule has 0 atom stereocenters. The molecule has 68 valence electrons. The molecule has 0 unspecified atom stereocenters. The third-order valence-corrected chi connectivity index (χ3v) is 2.94. The second-order valence-corrected chi connectivity index (χ2v) is 3.80. The Balaban J connectivity index is 2.45. The van der Waals surface area contributed by atoms with Crippen molar-refractivity contribution in [3.63, 3.8) is 0 Å². The van der Waals surface area contributed by atoms with E-state index in [-0.39, 0.29) is 0 Å². The largest absolute Gasteiger partial charge is 0.476 e. The summed E-state index contributed by atoms with van der Waals surface area (Å²) in [5, 5.41) is 0. The smallest absolute Gasteiger partial charge is 0.216 e. The van der Waals surface area contributed by atoms with E-state index in [1.54, 1.807) is 0 Å². The lowest BCUT2D eigenvalue weighted by Gasteiger charge is -2.06. The van der Waals surface area contributed by atoms with Crippen molar-refractivity contribution in [3.8, 4) is 0 Å². The van der Waals surface area contributed by atoms with Gasteiger partial charge in [0.25, 0.3) is 0 Å². The maximum Gasteiger partial charge on any atom is 0.216 e. The van der Waals surface area contributed by atoms with E-state index in [0.29, 0.717) is 6.61 Å². The van der Waals surface area contributed by atoms with Crippen LogP contribution >= 0.6 is 15.9 Å². The van der Waals surface area contributed by atoms with Gasteiger partial charge in [0.15, 0.2) is 0 Å². The van der Waals surface area contributed by atoms with Crippen LogP contribution in [0.15, 0.2) is 27.7 Å². The zero-order valence-corrected chi connectivity index (χ0v) is 8.97.